The zero-order chi connectivity index (χ0) is 18.3. The third kappa shape index (κ3) is 6.13. The van der Waals surface area contributed by atoms with E-state index in [-0.39, 0.29) is 0 Å². The summed E-state index contributed by atoms with van der Waals surface area (Å²) in [6.07, 6.45) is 0.369. The molecule has 1 aromatic carbocycles. The molecular formula is C17H22F3N5. The quantitative estimate of drug-likeness (QED) is 0.477. The first-order valence-corrected chi connectivity index (χ1v) is 7.98. The molecule has 5 nitrogen and oxygen atoms in total. The molecule has 1 heterocycles. The molecule has 0 atom stereocenters. The molecule has 0 aliphatic carbocycles. The first-order valence-electron chi connectivity index (χ1n) is 7.98. The van der Waals surface area contributed by atoms with Crippen LogP contribution in [-0.2, 0) is 19.3 Å². The molecule has 0 amide bonds. The second kappa shape index (κ2) is 8.55. The SMILES string of the molecule is CN=C(NCCCn1cc(C)cn1)NCc1ccc(C(F)(F)F)cc1. The summed E-state index contributed by atoms with van der Waals surface area (Å²) in [5.41, 5.74) is 1.23. The van der Waals surface area contributed by atoms with Crippen LogP contribution in [0.1, 0.15) is 23.1 Å². The van der Waals surface area contributed by atoms with Gasteiger partial charge in [0.2, 0.25) is 0 Å². The number of halogens is 3. The van der Waals surface area contributed by atoms with Crippen molar-refractivity contribution in [1.29, 1.82) is 0 Å². The van der Waals surface area contributed by atoms with Gasteiger partial charge in [-0.25, -0.2) is 0 Å². The Labute approximate surface area is 145 Å². The first kappa shape index (κ1) is 18.8. The van der Waals surface area contributed by atoms with Gasteiger partial charge in [-0.2, -0.15) is 18.3 Å². The molecule has 136 valence electrons. The molecule has 0 aliphatic heterocycles. The second-order valence-electron chi connectivity index (χ2n) is 5.68. The topological polar surface area (TPSA) is 54.2 Å². The monoisotopic (exact) mass is 353 g/mol. The van der Waals surface area contributed by atoms with E-state index in [0.29, 0.717) is 19.0 Å². The highest BCUT2D eigenvalue weighted by molar-refractivity contribution is 5.79. The van der Waals surface area contributed by atoms with Gasteiger partial charge < -0.3 is 10.6 Å². The number of aryl methyl sites for hydroxylation is 2. The van der Waals surface area contributed by atoms with Crippen molar-refractivity contribution in [3.8, 4) is 0 Å². The molecule has 0 radical (unpaired) electrons. The maximum absolute atomic E-state index is 12.5. The lowest BCUT2D eigenvalue weighted by Crippen LogP contribution is -2.37. The van der Waals surface area contributed by atoms with Crippen molar-refractivity contribution in [2.45, 2.75) is 32.6 Å². The van der Waals surface area contributed by atoms with Crippen LogP contribution in [0.2, 0.25) is 0 Å². The molecule has 2 aromatic rings. The van der Waals surface area contributed by atoms with Crippen molar-refractivity contribution in [2.24, 2.45) is 4.99 Å². The molecule has 1 aromatic heterocycles. The molecule has 0 saturated carbocycles. The number of alkyl halides is 3. The number of guanidine groups is 1. The molecule has 0 unspecified atom stereocenters. The molecular weight excluding hydrogens is 331 g/mol. The summed E-state index contributed by atoms with van der Waals surface area (Å²) >= 11 is 0. The van der Waals surface area contributed by atoms with E-state index in [0.717, 1.165) is 36.2 Å². The molecule has 0 saturated heterocycles. The maximum Gasteiger partial charge on any atom is 0.416 e. The number of hydrogen-bond donors (Lipinski definition) is 2. The fourth-order valence-corrected chi connectivity index (χ4v) is 2.26. The first-order chi connectivity index (χ1) is 11.9. The number of nitrogens with one attached hydrogen (secondary N) is 2. The summed E-state index contributed by atoms with van der Waals surface area (Å²) in [5.74, 6) is 0.608. The summed E-state index contributed by atoms with van der Waals surface area (Å²) in [6.45, 7) is 3.91. The van der Waals surface area contributed by atoms with Gasteiger partial charge in [0.25, 0.3) is 0 Å². The van der Waals surface area contributed by atoms with Crippen LogP contribution in [0.15, 0.2) is 41.7 Å². The lowest BCUT2D eigenvalue weighted by atomic mass is 10.1. The Kier molecular flexibility index (Phi) is 6.44. The average molecular weight is 353 g/mol. The predicted octanol–water partition coefficient (Wildman–Crippen LogP) is 2.97. The lowest BCUT2D eigenvalue weighted by molar-refractivity contribution is -0.137. The van der Waals surface area contributed by atoms with E-state index >= 15 is 0 Å². The van der Waals surface area contributed by atoms with Gasteiger partial charge in [0, 0.05) is 32.9 Å². The van der Waals surface area contributed by atoms with Gasteiger partial charge in [0.05, 0.1) is 11.8 Å². The van der Waals surface area contributed by atoms with Gasteiger partial charge in [-0.3, -0.25) is 9.67 Å². The Bertz CT molecular complexity index is 689. The number of hydrogen-bond acceptors (Lipinski definition) is 2. The molecule has 25 heavy (non-hydrogen) atoms. The Balaban J connectivity index is 1.72. The van der Waals surface area contributed by atoms with Crippen molar-refractivity contribution in [2.75, 3.05) is 13.6 Å². The number of rotatable bonds is 6. The van der Waals surface area contributed by atoms with Crippen LogP contribution in [0.4, 0.5) is 13.2 Å². The highest BCUT2D eigenvalue weighted by Gasteiger charge is 2.29. The normalized spacial score (nSPS) is 12.3. The molecule has 0 fully saturated rings. The number of benzene rings is 1. The summed E-state index contributed by atoms with van der Waals surface area (Å²) in [4.78, 5) is 4.10. The van der Waals surface area contributed by atoms with E-state index in [4.69, 9.17) is 0 Å². The van der Waals surface area contributed by atoms with Crippen molar-refractivity contribution >= 4 is 5.96 Å². The molecule has 2 rings (SSSR count). The zero-order valence-electron chi connectivity index (χ0n) is 14.3. The molecule has 0 aliphatic rings. The average Bonchev–Trinajstić information content (AvgIpc) is 2.99. The van der Waals surface area contributed by atoms with Gasteiger partial charge in [-0.05, 0) is 36.6 Å². The van der Waals surface area contributed by atoms with Crippen LogP contribution in [0, 0.1) is 6.92 Å². The summed E-state index contributed by atoms with van der Waals surface area (Å²) < 4.78 is 39.5. The van der Waals surface area contributed by atoms with Crippen molar-refractivity contribution in [1.82, 2.24) is 20.4 Å². The van der Waals surface area contributed by atoms with E-state index in [1.165, 1.54) is 12.1 Å². The largest absolute Gasteiger partial charge is 0.416 e. The fourth-order valence-electron chi connectivity index (χ4n) is 2.26. The smallest absolute Gasteiger partial charge is 0.356 e. The second-order valence-corrected chi connectivity index (χ2v) is 5.68. The van der Waals surface area contributed by atoms with Crippen LogP contribution >= 0.6 is 0 Å². The van der Waals surface area contributed by atoms with Crippen LogP contribution in [0.25, 0.3) is 0 Å². The Hall–Kier alpha value is -2.51. The number of aromatic nitrogens is 2. The fraction of sp³-hybridized carbons (Fsp3) is 0.412. The van der Waals surface area contributed by atoms with Gasteiger partial charge in [-0.1, -0.05) is 12.1 Å². The zero-order valence-corrected chi connectivity index (χ0v) is 14.3. The highest BCUT2D eigenvalue weighted by Crippen LogP contribution is 2.28. The van der Waals surface area contributed by atoms with Crippen LogP contribution in [-0.4, -0.2) is 29.3 Å². The van der Waals surface area contributed by atoms with E-state index < -0.39 is 11.7 Å². The Morgan fingerprint density at radius 2 is 1.92 bits per heavy atom. The predicted molar refractivity (Wildman–Crippen MR) is 91.2 cm³/mol. The van der Waals surface area contributed by atoms with Gasteiger partial charge in [0.15, 0.2) is 5.96 Å². The van der Waals surface area contributed by atoms with Crippen molar-refractivity contribution in [3.63, 3.8) is 0 Å². The summed E-state index contributed by atoms with van der Waals surface area (Å²) in [5, 5.41) is 10.5. The van der Waals surface area contributed by atoms with Gasteiger partial charge in [0.1, 0.15) is 0 Å². The van der Waals surface area contributed by atoms with Crippen molar-refractivity contribution < 1.29 is 13.2 Å². The molecule has 8 heteroatoms. The summed E-state index contributed by atoms with van der Waals surface area (Å²) in [7, 11) is 1.65. The van der Waals surface area contributed by atoms with Crippen LogP contribution in [0.3, 0.4) is 0 Å². The van der Waals surface area contributed by atoms with E-state index in [1.807, 2.05) is 24.0 Å². The van der Waals surface area contributed by atoms with Gasteiger partial charge >= 0.3 is 6.18 Å². The Morgan fingerprint density at radius 3 is 2.48 bits per heavy atom. The van der Waals surface area contributed by atoms with E-state index in [1.54, 1.807) is 7.05 Å². The number of aliphatic imine (C=N–C) groups is 1. The Morgan fingerprint density at radius 1 is 1.20 bits per heavy atom. The molecule has 0 spiro atoms. The third-order valence-electron chi connectivity index (χ3n) is 3.58. The third-order valence-corrected chi connectivity index (χ3v) is 3.58. The standard InChI is InChI=1S/C17H22F3N5/c1-13-10-24-25(12-13)9-3-8-22-16(21-2)23-11-14-4-6-15(7-5-14)17(18,19)20/h4-7,10,12H,3,8-9,11H2,1-2H3,(H2,21,22,23). The van der Waals surface area contributed by atoms with Gasteiger partial charge in [-0.15, -0.1) is 0 Å². The van der Waals surface area contributed by atoms with E-state index in [9.17, 15) is 13.2 Å². The minimum atomic E-state index is -4.31. The minimum absolute atomic E-state index is 0.399. The maximum atomic E-state index is 12.5. The molecule has 0 bridgehead atoms. The lowest BCUT2D eigenvalue weighted by Gasteiger charge is -2.12. The minimum Gasteiger partial charge on any atom is -0.356 e. The van der Waals surface area contributed by atoms with Crippen molar-refractivity contribution in [3.05, 3.63) is 53.3 Å². The van der Waals surface area contributed by atoms with Crippen LogP contribution < -0.4 is 10.6 Å². The summed E-state index contributed by atoms with van der Waals surface area (Å²) in [6, 6.07) is 5.09. The van der Waals surface area contributed by atoms with Crippen LogP contribution in [0.5, 0.6) is 0 Å². The number of nitrogens with zero attached hydrogens (tertiary/aromatic N) is 3. The molecule has 2 N–H and O–H groups in total. The highest BCUT2D eigenvalue weighted by atomic mass is 19.4. The van der Waals surface area contributed by atoms with E-state index in [2.05, 4.69) is 20.7 Å².